The first-order valence-corrected chi connectivity index (χ1v) is 9.29. The number of para-hydroxylation sites is 1. The molecule has 0 unspecified atom stereocenters. The predicted molar refractivity (Wildman–Crippen MR) is 113 cm³/mol. The van der Waals surface area contributed by atoms with E-state index in [-0.39, 0.29) is 18.0 Å². The van der Waals surface area contributed by atoms with Gasteiger partial charge in [-0.05, 0) is 35.9 Å². The van der Waals surface area contributed by atoms with Crippen LogP contribution in [0.4, 0.5) is 5.69 Å². The van der Waals surface area contributed by atoms with Gasteiger partial charge in [-0.2, -0.15) is 0 Å². The lowest BCUT2D eigenvalue weighted by Gasteiger charge is -2.14. The van der Waals surface area contributed by atoms with Crippen molar-refractivity contribution in [2.24, 2.45) is 5.41 Å². The van der Waals surface area contributed by atoms with Crippen molar-refractivity contribution in [2.45, 2.75) is 27.2 Å². The fourth-order valence-corrected chi connectivity index (χ4v) is 3.43. The predicted octanol–water partition coefficient (Wildman–Crippen LogP) is 4.89. The third kappa shape index (κ3) is 3.20. The molecule has 0 aliphatic carbocycles. The Morgan fingerprint density at radius 3 is 2.39 bits per heavy atom. The molecular formula is C23H23N3O2. The third-order valence-corrected chi connectivity index (χ3v) is 4.96. The van der Waals surface area contributed by atoms with E-state index in [0.29, 0.717) is 17.1 Å². The number of rotatable bonds is 4. The van der Waals surface area contributed by atoms with Crippen molar-refractivity contribution in [3.8, 4) is 0 Å². The molecule has 2 aromatic heterocycles. The van der Waals surface area contributed by atoms with E-state index in [2.05, 4.69) is 9.97 Å². The Labute approximate surface area is 162 Å². The summed E-state index contributed by atoms with van der Waals surface area (Å²) in [4.78, 5) is 31.6. The molecule has 0 aliphatic rings. The van der Waals surface area contributed by atoms with Gasteiger partial charge < -0.3 is 15.7 Å². The molecule has 0 atom stereocenters. The number of nitrogens with one attached hydrogen (secondary N) is 2. The van der Waals surface area contributed by atoms with E-state index in [9.17, 15) is 9.59 Å². The minimum atomic E-state index is -0.447. The van der Waals surface area contributed by atoms with Crippen molar-refractivity contribution in [3.63, 3.8) is 0 Å². The number of aromatic nitrogens is 2. The van der Waals surface area contributed by atoms with Gasteiger partial charge in [0.1, 0.15) is 0 Å². The van der Waals surface area contributed by atoms with Crippen LogP contribution in [0.2, 0.25) is 0 Å². The second-order valence-electron chi connectivity index (χ2n) is 8.28. The number of nitrogen functional groups attached to an aromatic ring is 1. The van der Waals surface area contributed by atoms with E-state index in [1.807, 2.05) is 69.3 Å². The summed E-state index contributed by atoms with van der Waals surface area (Å²) in [5.41, 5.74) is 9.87. The first kappa shape index (κ1) is 18.0. The zero-order chi connectivity index (χ0) is 20.1. The average Bonchev–Trinajstić information content (AvgIpc) is 3.24. The Morgan fingerprint density at radius 2 is 1.68 bits per heavy atom. The molecule has 4 aromatic rings. The Balaban J connectivity index is 1.61. The standard InChI is InChI=1S/C23H23N3O2/c1-23(2,3)22(28)19-12-15-9-13(7-8-17(15)25-19)10-20(27)18-11-14-5-4-6-16(24)21(14)26-18/h4-9,11-12,25-26H,10,24H2,1-3H3. The monoisotopic (exact) mass is 373 g/mol. The van der Waals surface area contributed by atoms with Gasteiger partial charge in [0.05, 0.1) is 22.6 Å². The van der Waals surface area contributed by atoms with Gasteiger partial charge in [0.2, 0.25) is 0 Å². The van der Waals surface area contributed by atoms with Crippen LogP contribution < -0.4 is 5.73 Å². The number of nitrogens with two attached hydrogens (primary N) is 1. The van der Waals surface area contributed by atoms with Crippen LogP contribution in [0.5, 0.6) is 0 Å². The van der Waals surface area contributed by atoms with Gasteiger partial charge in [-0.25, -0.2) is 0 Å². The molecule has 0 saturated heterocycles. The molecule has 0 spiro atoms. The van der Waals surface area contributed by atoms with Crippen molar-refractivity contribution in [1.82, 2.24) is 9.97 Å². The zero-order valence-corrected chi connectivity index (χ0v) is 16.2. The summed E-state index contributed by atoms with van der Waals surface area (Å²) in [6.45, 7) is 5.70. The highest BCUT2D eigenvalue weighted by Crippen LogP contribution is 2.25. The maximum Gasteiger partial charge on any atom is 0.184 e. The number of Topliss-reactive ketones (excluding diaryl/α,β-unsaturated/α-hetero) is 2. The summed E-state index contributed by atoms with van der Waals surface area (Å²) in [7, 11) is 0. The number of hydrogen-bond donors (Lipinski definition) is 3. The molecule has 5 nitrogen and oxygen atoms in total. The summed E-state index contributed by atoms with van der Waals surface area (Å²) < 4.78 is 0. The Morgan fingerprint density at radius 1 is 0.929 bits per heavy atom. The lowest BCUT2D eigenvalue weighted by atomic mass is 9.89. The Bertz CT molecular complexity index is 1220. The first-order chi connectivity index (χ1) is 13.2. The van der Waals surface area contributed by atoms with Crippen molar-refractivity contribution >= 4 is 39.1 Å². The molecule has 0 aliphatic heterocycles. The largest absolute Gasteiger partial charge is 0.397 e. The minimum absolute atomic E-state index is 0.00326. The lowest BCUT2D eigenvalue weighted by Crippen LogP contribution is -2.20. The average molecular weight is 373 g/mol. The van der Waals surface area contributed by atoms with Crippen molar-refractivity contribution in [1.29, 1.82) is 0 Å². The maximum atomic E-state index is 12.7. The summed E-state index contributed by atoms with van der Waals surface area (Å²) in [5.74, 6) is 0.0634. The van der Waals surface area contributed by atoms with Crippen molar-refractivity contribution in [2.75, 3.05) is 5.73 Å². The van der Waals surface area contributed by atoms with Gasteiger partial charge in [0.15, 0.2) is 11.6 Å². The van der Waals surface area contributed by atoms with Crippen LogP contribution >= 0.6 is 0 Å². The SMILES string of the molecule is CC(C)(C)C(=O)c1cc2cc(CC(=O)c3cc4cccc(N)c4[nH]3)ccc2[nH]1. The molecule has 0 fully saturated rings. The van der Waals surface area contributed by atoms with Gasteiger partial charge >= 0.3 is 0 Å². The molecule has 2 aromatic carbocycles. The number of carbonyl (C=O) groups is 2. The number of fused-ring (bicyclic) bond motifs is 2. The quantitative estimate of drug-likeness (QED) is 0.351. The number of ketones is 2. The first-order valence-electron chi connectivity index (χ1n) is 9.29. The van der Waals surface area contributed by atoms with E-state index in [1.54, 1.807) is 0 Å². The summed E-state index contributed by atoms with van der Waals surface area (Å²) in [6, 6.07) is 15.1. The van der Waals surface area contributed by atoms with E-state index in [1.165, 1.54) is 0 Å². The smallest absolute Gasteiger partial charge is 0.184 e. The van der Waals surface area contributed by atoms with E-state index < -0.39 is 5.41 Å². The number of H-pyrrole nitrogens is 2. The molecule has 142 valence electrons. The normalized spacial score (nSPS) is 12.0. The van der Waals surface area contributed by atoms with Crippen LogP contribution in [0.15, 0.2) is 48.5 Å². The van der Waals surface area contributed by atoms with Gasteiger partial charge in [0.25, 0.3) is 0 Å². The number of aromatic amines is 2. The van der Waals surface area contributed by atoms with Crippen LogP contribution in [-0.2, 0) is 6.42 Å². The van der Waals surface area contributed by atoms with Gasteiger partial charge in [0, 0.05) is 28.1 Å². The number of hydrogen-bond acceptors (Lipinski definition) is 3. The molecule has 0 amide bonds. The molecule has 2 heterocycles. The second kappa shape index (κ2) is 6.37. The van der Waals surface area contributed by atoms with Gasteiger partial charge in [-0.15, -0.1) is 0 Å². The van der Waals surface area contributed by atoms with Crippen LogP contribution in [0.3, 0.4) is 0 Å². The molecular weight excluding hydrogens is 350 g/mol. The highest BCUT2D eigenvalue weighted by molar-refractivity contribution is 6.04. The highest BCUT2D eigenvalue weighted by atomic mass is 16.1. The highest BCUT2D eigenvalue weighted by Gasteiger charge is 2.24. The van der Waals surface area contributed by atoms with E-state index in [4.69, 9.17) is 5.73 Å². The summed E-state index contributed by atoms with van der Waals surface area (Å²) >= 11 is 0. The number of benzene rings is 2. The van der Waals surface area contributed by atoms with Gasteiger partial charge in [-0.1, -0.05) is 39.0 Å². The number of anilines is 1. The van der Waals surface area contributed by atoms with Crippen LogP contribution in [0, 0.1) is 5.41 Å². The molecule has 0 radical (unpaired) electrons. The van der Waals surface area contributed by atoms with E-state index in [0.717, 1.165) is 27.4 Å². The fraction of sp³-hybridized carbons (Fsp3) is 0.217. The third-order valence-electron chi connectivity index (χ3n) is 4.96. The molecule has 28 heavy (non-hydrogen) atoms. The van der Waals surface area contributed by atoms with E-state index >= 15 is 0 Å². The molecule has 4 rings (SSSR count). The minimum Gasteiger partial charge on any atom is -0.397 e. The van der Waals surface area contributed by atoms with Gasteiger partial charge in [-0.3, -0.25) is 9.59 Å². The number of carbonyl (C=O) groups excluding carboxylic acids is 2. The Hall–Kier alpha value is -3.34. The molecule has 5 heteroatoms. The molecule has 0 bridgehead atoms. The fourth-order valence-electron chi connectivity index (χ4n) is 3.43. The van der Waals surface area contributed by atoms with Crippen molar-refractivity contribution in [3.05, 3.63) is 65.5 Å². The topological polar surface area (TPSA) is 91.7 Å². The molecule has 0 saturated carbocycles. The van der Waals surface area contributed by atoms with Crippen LogP contribution in [0.25, 0.3) is 21.8 Å². The lowest BCUT2D eigenvalue weighted by molar-refractivity contribution is 0.0853. The zero-order valence-electron chi connectivity index (χ0n) is 16.2. The Kier molecular flexibility index (Phi) is 4.11. The maximum absolute atomic E-state index is 12.7. The van der Waals surface area contributed by atoms with Crippen LogP contribution in [-0.4, -0.2) is 21.5 Å². The second-order valence-corrected chi connectivity index (χ2v) is 8.28. The summed E-state index contributed by atoms with van der Waals surface area (Å²) in [6.07, 6.45) is 0.274. The molecule has 4 N–H and O–H groups in total. The summed E-state index contributed by atoms with van der Waals surface area (Å²) in [5, 5.41) is 1.86. The van der Waals surface area contributed by atoms with Crippen molar-refractivity contribution < 1.29 is 9.59 Å². The van der Waals surface area contributed by atoms with Crippen LogP contribution in [0.1, 0.15) is 47.3 Å².